The van der Waals surface area contributed by atoms with Crippen molar-refractivity contribution < 1.29 is 13.2 Å². The largest absolute Gasteiger partial charge is 0.273 e. The number of hydrogen-bond donors (Lipinski definition) is 2. The van der Waals surface area contributed by atoms with Crippen molar-refractivity contribution >= 4 is 27.3 Å². The minimum atomic E-state index is -3.85. The monoisotopic (exact) mass is 485 g/mol. The van der Waals surface area contributed by atoms with E-state index in [0.29, 0.717) is 5.56 Å². The average Bonchev–Trinajstić information content (AvgIpc) is 2.88. The number of anilines is 2. The third-order valence-corrected chi connectivity index (χ3v) is 6.97. The summed E-state index contributed by atoms with van der Waals surface area (Å²) in [7, 11) is -3.85. The van der Waals surface area contributed by atoms with E-state index in [9.17, 15) is 13.2 Å². The number of nitrogens with zero attached hydrogens (tertiary/aromatic N) is 1. The Labute approximate surface area is 206 Å². The summed E-state index contributed by atoms with van der Waals surface area (Å²) < 4.78 is 29.0. The van der Waals surface area contributed by atoms with E-state index in [1.165, 1.54) is 0 Å². The van der Waals surface area contributed by atoms with Gasteiger partial charge in [0.15, 0.2) is 0 Å². The number of para-hydroxylation sites is 2. The zero-order valence-electron chi connectivity index (χ0n) is 19.3. The van der Waals surface area contributed by atoms with Crippen LogP contribution in [-0.4, -0.2) is 14.3 Å². The van der Waals surface area contributed by atoms with Crippen LogP contribution in [-0.2, 0) is 14.8 Å². The summed E-state index contributed by atoms with van der Waals surface area (Å²) in [5, 5.41) is 1.69. The van der Waals surface area contributed by atoms with Crippen LogP contribution in [0.25, 0.3) is 0 Å². The highest BCUT2D eigenvalue weighted by Crippen LogP contribution is 2.24. The maximum absolute atomic E-state index is 13.3. The van der Waals surface area contributed by atoms with Crippen molar-refractivity contribution in [2.45, 2.75) is 24.3 Å². The van der Waals surface area contributed by atoms with Gasteiger partial charge in [0.2, 0.25) is 15.9 Å². The lowest BCUT2D eigenvalue weighted by atomic mass is 10.0. The fourth-order valence-corrected chi connectivity index (χ4v) is 4.90. The molecule has 178 valence electrons. The number of carbonyl (C=O) groups excluding carboxylic acids is 1. The van der Waals surface area contributed by atoms with Crippen molar-refractivity contribution in [3.8, 4) is 0 Å². The van der Waals surface area contributed by atoms with Crippen LogP contribution in [0.2, 0.25) is 0 Å². The van der Waals surface area contributed by atoms with Crippen LogP contribution in [0.5, 0.6) is 0 Å². The number of aryl methyl sites for hydroxylation is 1. The van der Waals surface area contributed by atoms with Gasteiger partial charge in [0, 0.05) is 6.42 Å². The van der Waals surface area contributed by atoms with Gasteiger partial charge in [0.25, 0.3) is 0 Å². The molecule has 0 heterocycles. The summed E-state index contributed by atoms with van der Waals surface area (Å²) in [6.07, 6.45) is -0.0920. The Bertz CT molecular complexity index is 1310. The van der Waals surface area contributed by atoms with Crippen LogP contribution in [0, 0.1) is 6.92 Å². The van der Waals surface area contributed by atoms with Crippen LogP contribution < -0.4 is 15.2 Å². The maximum Gasteiger partial charge on any atom is 0.241 e. The molecule has 4 aromatic rings. The fraction of sp³-hybridized carbons (Fsp3) is 0.107. The van der Waals surface area contributed by atoms with Crippen molar-refractivity contribution in [2.75, 3.05) is 5.01 Å². The quantitative estimate of drug-likeness (QED) is 0.317. The van der Waals surface area contributed by atoms with Crippen LogP contribution >= 0.6 is 0 Å². The van der Waals surface area contributed by atoms with Crippen molar-refractivity contribution in [2.24, 2.45) is 0 Å². The molecule has 4 aromatic carbocycles. The first-order valence-corrected chi connectivity index (χ1v) is 12.7. The average molecular weight is 486 g/mol. The first kappa shape index (κ1) is 24.2. The van der Waals surface area contributed by atoms with Gasteiger partial charge in [-0.05, 0) is 48.9 Å². The molecular weight excluding hydrogens is 458 g/mol. The lowest BCUT2D eigenvalue weighted by molar-refractivity contribution is -0.121. The summed E-state index contributed by atoms with van der Waals surface area (Å²) in [4.78, 5) is 13.4. The third kappa shape index (κ3) is 6.35. The molecule has 0 unspecified atom stereocenters. The Morgan fingerprint density at radius 1 is 0.743 bits per heavy atom. The molecule has 6 nitrogen and oxygen atoms in total. The van der Waals surface area contributed by atoms with Gasteiger partial charge in [-0.1, -0.05) is 84.4 Å². The maximum atomic E-state index is 13.3. The molecule has 0 aliphatic heterocycles. The second-order valence-corrected chi connectivity index (χ2v) is 9.86. The Kier molecular flexibility index (Phi) is 7.60. The highest BCUT2D eigenvalue weighted by atomic mass is 32.2. The van der Waals surface area contributed by atoms with Crippen LogP contribution in [0.15, 0.2) is 120 Å². The number of carbonyl (C=O) groups is 1. The molecule has 0 aliphatic carbocycles. The summed E-state index contributed by atoms with van der Waals surface area (Å²) in [5.41, 5.74) is 6.17. The Morgan fingerprint density at radius 2 is 1.23 bits per heavy atom. The van der Waals surface area contributed by atoms with Crippen molar-refractivity contribution in [1.29, 1.82) is 0 Å². The van der Waals surface area contributed by atoms with E-state index in [0.717, 1.165) is 16.9 Å². The van der Waals surface area contributed by atoms with Crippen LogP contribution in [0.1, 0.15) is 23.6 Å². The van der Waals surface area contributed by atoms with Crippen LogP contribution in [0.4, 0.5) is 11.4 Å². The van der Waals surface area contributed by atoms with Gasteiger partial charge >= 0.3 is 0 Å². The Morgan fingerprint density at radius 3 is 1.74 bits per heavy atom. The second-order valence-electron chi connectivity index (χ2n) is 8.14. The molecule has 0 radical (unpaired) electrons. The van der Waals surface area contributed by atoms with E-state index in [1.54, 1.807) is 29.3 Å². The minimum Gasteiger partial charge on any atom is -0.273 e. The predicted molar refractivity (Wildman–Crippen MR) is 138 cm³/mol. The minimum absolute atomic E-state index is 0.0920. The van der Waals surface area contributed by atoms with E-state index in [2.05, 4.69) is 10.1 Å². The topological polar surface area (TPSA) is 78.5 Å². The molecular formula is C28H27N3O3S. The van der Waals surface area contributed by atoms with Gasteiger partial charge < -0.3 is 0 Å². The second kappa shape index (κ2) is 11.0. The molecule has 7 heteroatoms. The van der Waals surface area contributed by atoms with Crippen molar-refractivity contribution in [1.82, 2.24) is 10.1 Å². The molecule has 0 fully saturated rings. The Balaban J connectivity index is 1.59. The Hall–Kier alpha value is -3.94. The van der Waals surface area contributed by atoms with Crippen molar-refractivity contribution in [3.63, 3.8) is 0 Å². The number of nitrogens with one attached hydrogen (secondary N) is 2. The summed E-state index contributed by atoms with van der Waals surface area (Å²) in [6.45, 7) is 1.90. The predicted octanol–water partition coefficient (Wildman–Crippen LogP) is 5.27. The van der Waals surface area contributed by atoms with E-state index >= 15 is 0 Å². The van der Waals surface area contributed by atoms with E-state index in [-0.39, 0.29) is 17.2 Å². The van der Waals surface area contributed by atoms with Gasteiger partial charge in [0.1, 0.15) is 0 Å². The number of hydrazine groups is 1. The van der Waals surface area contributed by atoms with Crippen molar-refractivity contribution in [3.05, 3.63) is 126 Å². The summed E-state index contributed by atoms with van der Waals surface area (Å²) >= 11 is 0. The smallest absolute Gasteiger partial charge is 0.241 e. The third-order valence-electron chi connectivity index (χ3n) is 5.49. The molecule has 1 amide bonds. The first-order chi connectivity index (χ1) is 16.9. The molecule has 2 N–H and O–H groups in total. The molecule has 35 heavy (non-hydrogen) atoms. The standard InChI is InChI=1S/C28H27N3O3S/c1-22-17-19-26(20-18-22)35(33,34)30-27(23-11-5-2-6-12-23)21-28(32)29-31(24-13-7-3-8-14-24)25-15-9-4-10-16-25/h2-20,27,30H,21H2,1H3,(H,29,32)/t27-/m1/s1. The molecule has 0 saturated carbocycles. The first-order valence-electron chi connectivity index (χ1n) is 11.3. The normalized spacial score (nSPS) is 12.0. The lowest BCUT2D eigenvalue weighted by Gasteiger charge is -2.27. The lowest BCUT2D eigenvalue weighted by Crippen LogP contribution is -2.41. The number of benzene rings is 4. The van der Waals surface area contributed by atoms with Gasteiger partial charge in [-0.2, -0.15) is 0 Å². The van der Waals surface area contributed by atoms with E-state index in [1.807, 2.05) is 97.9 Å². The number of sulfonamides is 1. The zero-order valence-corrected chi connectivity index (χ0v) is 20.2. The molecule has 0 aliphatic rings. The molecule has 0 saturated heterocycles. The summed E-state index contributed by atoms with van der Waals surface area (Å²) in [5.74, 6) is -0.335. The number of rotatable bonds is 9. The van der Waals surface area contributed by atoms with Gasteiger partial charge in [-0.15, -0.1) is 0 Å². The van der Waals surface area contributed by atoms with E-state index in [4.69, 9.17) is 0 Å². The van der Waals surface area contributed by atoms with Crippen LogP contribution in [0.3, 0.4) is 0 Å². The molecule has 0 spiro atoms. The van der Waals surface area contributed by atoms with Gasteiger partial charge in [-0.25, -0.2) is 13.1 Å². The number of amides is 1. The van der Waals surface area contributed by atoms with Gasteiger partial charge in [0.05, 0.1) is 22.3 Å². The highest BCUT2D eigenvalue weighted by Gasteiger charge is 2.25. The summed E-state index contributed by atoms with van der Waals surface area (Å²) in [6, 6.07) is 33.9. The van der Waals surface area contributed by atoms with Gasteiger partial charge in [-0.3, -0.25) is 15.2 Å². The molecule has 0 aromatic heterocycles. The molecule has 4 rings (SSSR count). The zero-order chi connectivity index (χ0) is 24.7. The van der Waals surface area contributed by atoms with E-state index < -0.39 is 16.1 Å². The molecule has 1 atom stereocenters. The SMILES string of the molecule is Cc1ccc(S(=O)(=O)N[C@H](CC(=O)NN(c2ccccc2)c2ccccc2)c2ccccc2)cc1. The highest BCUT2D eigenvalue weighted by molar-refractivity contribution is 7.89. The molecule has 0 bridgehead atoms. The number of hydrogen-bond acceptors (Lipinski definition) is 4. The fourth-order valence-electron chi connectivity index (χ4n) is 3.67.